The van der Waals surface area contributed by atoms with Gasteiger partial charge in [-0.3, -0.25) is 24.0 Å². The lowest BCUT2D eigenvalue weighted by Crippen LogP contribution is -2.63. The first kappa shape index (κ1) is 33.6. The van der Waals surface area contributed by atoms with Gasteiger partial charge in [0.25, 0.3) is 5.91 Å². The molecule has 3 aliphatic carbocycles. The topological polar surface area (TPSA) is 168 Å². The Morgan fingerprint density at radius 3 is 2.14 bits per heavy atom. The number of hydrogen-bond donors (Lipinski definition) is 4. The van der Waals surface area contributed by atoms with Crippen molar-refractivity contribution >= 4 is 35.3 Å². The van der Waals surface area contributed by atoms with E-state index in [9.17, 15) is 28.8 Å². The molecule has 4 fully saturated rings. The highest BCUT2D eigenvalue weighted by Gasteiger charge is 2.70. The van der Waals surface area contributed by atoms with Crippen molar-refractivity contribution in [1.82, 2.24) is 20.9 Å². The lowest BCUT2D eigenvalue weighted by molar-refractivity contribution is -0.145. The van der Waals surface area contributed by atoms with Crippen molar-refractivity contribution in [2.75, 3.05) is 6.54 Å². The molecule has 4 aliphatic rings. The third kappa shape index (κ3) is 7.18. The fourth-order valence-electron chi connectivity index (χ4n) is 7.42. The van der Waals surface area contributed by atoms with Gasteiger partial charge in [0.05, 0.1) is 6.04 Å². The summed E-state index contributed by atoms with van der Waals surface area (Å²) in [5.74, 6) is -2.67. The zero-order valence-corrected chi connectivity index (χ0v) is 27.2. The third-order valence-electron chi connectivity index (χ3n) is 10.5. The predicted molar refractivity (Wildman–Crippen MR) is 165 cm³/mol. The number of fused-ring (bicyclic) bond motifs is 1. The van der Waals surface area contributed by atoms with Crippen LogP contribution in [0.2, 0.25) is 0 Å². The van der Waals surface area contributed by atoms with Crippen LogP contribution in [0.1, 0.15) is 99.3 Å². The first-order valence-corrected chi connectivity index (χ1v) is 16.1. The molecule has 11 nitrogen and oxygen atoms in total. The molecule has 1 unspecified atom stereocenters. The van der Waals surface area contributed by atoms with E-state index in [1.165, 1.54) is 4.90 Å². The molecule has 5 atom stereocenters. The third-order valence-corrected chi connectivity index (χ3v) is 10.5. The maximum Gasteiger partial charge on any atom is 0.315 e. The predicted octanol–water partition coefficient (Wildman–Crippen LogP) is 2.76. The SMILES string of the molecule is C=C(C)C(=O)CC1(NC(=O)N[C@H](C(=O)N2C[C@H]3[C@@H]([C@H]2C(=O)NC(CC2CC2)C(=O)C(N)=O)C3(C)C)C(C)(C)C)CCCCC1. The van der Waals surface area contributed by atoms with Crippen molar-refractivity contribution in [3.8, 4) is 0 Å². The Morgan fingerprint density at radius 2 is 1.61 bits per heavy atom. The largest absolute Gasteiger partial charge is 0.363 e. The van der Waals surface area contributed by atoms with Crippen LogP contribution in [0.15, 0.2) is 12.2 Å². The van der Waals surface area contributed by atoms with Crippen LogP contribution in [-0.2, 0) is 24.0 Å². The second-order valence-corrected chi connectivity index (χ2v) is 15.5. The number of nitrogens with one attached hydrogen (secondary N) is 3. The Bertz CT molecular complexity index is 1230. The van der Waals surface area contributed by atoms with Gasteiger partial charge >= 0.3 is 6.03 Å². The maximum absolute atomic E-state index is 14.3. The number of piperidine rings is 1. The van der Waals surface area contributed by atoms with Crippen LogP contribution >= 0.6 is 0 Å². The Morgan fingerprint density at radius 1 is 1.00 bits per heavy atom. The minimum atomic E-state index is -1.09. The molecular weight excluding hydrogens is 562 g/mol. The van der Waals surface area contributed by atoms with Gasteiger partial charge in [0.2, 0.25) is 17.6 Å². The summed E-state index contributed by atoms with van der Waals surface area (Å²) in [6.45, 7) is 15.5. The average molecular weight is 614 g/mol. The number of urea groups is 1. The quantitative estimate of drug-likeness (QED) is 0.195. The van der Waals surface area contributed by atoms with E-state index in [1.807, 2.05) is 20.8 Å². The lowest BCUT2D eigenvalue weighted by atomic mass is 9.77. The molecular formula is C33H51N5O6. The highest BCUT2D eigenvalue weighted by molar-refractivity contribution is 6.37. The number of likely N-dealkylation sites (tertiary alicyclic amines) is 1. The second kappa shape index (κ2) is 12.3. The molecule has 3 saturated carbocycles. The second-order valence-electron chi connectivity index (χ2n) is 15.5. The lowest BCUT2D eigenvalue weighted by Gasteiger charge is -2.40. The Balaban J connectivity index is 1.53. The van der Waals surface area contributed by atoms with Crippen molar-refractivity contribution in [3.05, 3.63) is 12.2 Å². The van der Waals surface area contributed by atoms with Crippen LogP contribution in [0, 0.1) is 28.6 Å². The zero-order chi connectivity index (χ0) is 32.8. The molecule has 0 aromatic carbocycles. The van der Waals surface area contributed by atoms with Gasteiger partial charge in [0, 0.05) is 18.5 Å². The van der Waals surface area contributed by atoms with E-state index in [-0.39, 0.29) is 41.3 Å². The maximum atomic E-state index is 14.3. The fraction of sp³-hybridized carbons (Fsp3) is 0.758. The number of allylic oxidation sites excluding steroid dienone is 1. The van der Waals surface area contributed by atoms with E-state index in [0.717, 1.165) is 32.1 Å². The molecule has 0 aromatic rings. The number of ketones is 2. The van der Waals surface area contributed by atoms with Crippen molar-refractivity contribution in [1.29, 1.82) is 0 Å². The molecule has 5 N–H and O–H groups in total. The summed E-state index contributed by atoms with van der Waals surface area (Å²) in [6.07, 6.45) is 6.46. The van der Waals surface area contributed by atoms with E-state index >= 15 is 0 Å². The molecule has 0 aromatic heterocycles. The van der Waals surface area contributed by atoms with Gasteiger partial charge in [-0.05, 0) is 60.3 Å². The molecule has 11 heteroatoms. The number of nitrogens with two attached hydrogens (primary N) is 1. The molecule has 244 valence electrons. The molecule has 5 amide bonds. The van der Waals surface area contributed by atoms with E-state index < -0.39 is 52.7 Å². The van der Waals surface area contributed by atoms with Gasteiger partial charge in [-0.15, -0.1) is 0 Å². The van der Waals surface area contributed by atoms with Crippen molar-refractivity contribution in [2.24, 2.45) is 34.3 Å². The summed E-state index contributed by atoms with van der Waals surface area (Å²) in [5.41, 5.74) is 4.14. The molecule has 0 spiro atoms. The summed E-state index contributed by atoms with van der Waals surface area (Å²) in [4.78, 5) is 80.2. The molecule has 44 heavy (non-hydrogen) atoms. The number of rotatable bonds is 12. The van der Waals surface area contributed by atoms with E-state index in [0.29, 0.717) is 31.4 Å². The van der Waals surface area contributed by atoms with Gasteiger partial charge in [0.1, 0.15) is 12.1 Å². The highest BCUT2D eigenvalue weighted by Crippen LogP contribution is 2.65. The van der Waals surface area contributed by atoms with Gasteiger partial charge in [-0.2, -0.15) is 0 Å². The number of hydrogen-bond acceptors (Lipinski definition) is 6. The van der Waals surface area contributed by atoms with Crippen LogP contribution in [0.25, 0.3) is 0 Å². The summed E-state index contributed by atoms with van der Waals surface area (Å²) in [7, 11) is 0. The van der Waals surface area contributed by atoms with Gasteiger partial charge < -0.3 is 26.6 Å². The summed E-state index contributed by atoms with van der Waals surface area (Å²) >= 11 is 0. The average Bonchev–Trinajstić information content (AvgIpc) is 3.77. The van der Waals surface area contributed by atoms with Gasteiger partial charge in [0.15, 0.2) is 5.78 Å². The number of Topliss-reactive ketones (excluding diaryl/α,β-unsaturated/α-hetero) is 2. The highest BCUT2D eigenvalue weighted by atomic mass is 16.2. The summed E-state index contributed by atoms with van der Waals surface area (Å²) < 4.78 is 0. The summed E-state index contributed by atoms with van der Waals surface area (Å²) in [6, 6.07) is -3.37. The fourth-order valence-corrected chi connectivity index (χ4v) is 7.42. The first-order chi connectivity index (χ1) is 20.4. The Kier molecular flexibility index (Phi) is 9.39. The minimum Gasteiger partial charge on any atom is -0.363 e. The molecule has 0 radical (unpaired) electrons. The van der Waals surface area contributed by atoms with E-state index in [1.54, 1.807) is 6.92 Å². The zero-order valence-electron chi connectivity index (χ0n) is 27.2. The van der Waals surface area contributed by atoms with E-state index in [2.05, 4.69) is 36.4 Å². The van der Waals surface area contributed by atoms with Gasteiger partial charge in [-0.25, -0.2) is 4.79 Å². The number of primary amides is 1. The monoisotopic (exact) mass is 613 g/mol. The molecule has 4 rings (SSSR count). The Labute approximate surface area is 260 Å². The minimum absolute atomic E-state index is 0.0871. The number of amides is 5. The van der Waals surface area contributed by atoms with Crippen LogP contribution in [0.3, 0.4) is 0 Å². The van der Waals surface area contributed by atoms with Crippen LogP contribution in [-0.4, -0.2) is 70.4 Å². The normalized spacial score (nSPS) is 26.4. The van der Waals surface area contributed by atoms with Gasteiger partial charge in [-0.1, -0.05) is 73.3 Å². The standard InChI is InChI=1S/C33H51N5O6/c1-18(2)22(39)16-33(13-9-8-10-14-33)37-30(44)36-26(31(3,4)5)29(43)38-17-20-23(32(20,6)7)24(38)28(42)35-21(15-19-11-12-19)25(40)27(34)41/h19-21,23-24,26H,1,8-17H2,2-7H3,(H2,34,41)(H,35,42)(H2,36,37,44)/t20-,21?,23-,24-,26+/m0/s1. The van der Waals surface area contributed by atoms with Crippen molar-refractivity contribution in [2.45, 2.75) is 123 Å². The molecule has 0 bridgehead atoms. The molecule has 1 heterocycles. The Hall–Kier alpha value is -3.24. The van der Waals surface area contributed by atoms with Crippen LogP contribution in [0.4, 0.5) is 4.79 Å². The smallest absolute Gasteiger partial charge is 0.315 e. The number of carbonyl (C=O) groups excluding carboxylic acids is 6. The van der Waals surface area contributed by atoms with Crippen molar-refractivity contribution in [3.63, 3.8) is 0 Å². The van der Waals surface area contributed by atoms with Crippen LogP contribution < -0.4 is 21.7 Å². The van der Waals surface area contributed by atoms with E-state index in [4.69, 9.17) is 5.73 Å². The molecule has 1 aliphatic heterocycles. The first-order valence-electron chi connectivity index (χ1n) is 16.1. The van der Waals surface area contributed by atoms with Crippen LogP contribution in [0.5, 0.6) is 0 Å². The number of nitrogens with zero attached hydrogens (tertiary/aromatic N) is 1. The summed E-state index contributed by atoms with van der Waals surface area (Å²) in [5, 5.41) is 8.74. The molecule has 1 saturated heterocycles. The van der Waals surface area contributed by atoms with Crippen molar-refractivity contribution < 1.29 is 28.8 Å². The number of carbonyl (C=O) groups is 6.